The van der Waals surface area contributed by atoms with Gasteiger partial charge in [-0.2, -0.15) is 0 Å². The van der Waals surface area contributed by atoms with Gasteiger partial charge in [-0.25, -0.2) is 9.13 Å². The molecule has 1 aliphatic carbocycles. The van der Waals surface area contributed by atoms with Crippen LogP contribution in [0.3, 0.4) is 0 Å². The third kappa shape index (κ3) is 45.8. The number of carbonyl (C=O) groups is 9. The molecule has 3 saturated heterocycles. The molecule has 3 heterocycles. The molecule has 0 aromatic carbocycles. The van der Waals surface area contributed by atoms with Gasteiger partial charge in [-0.3, -0.25) is 61.2 Å². The summed E-state index contributed by atoms with van der Waals surface area (Å²) in [4.78, 5) is 139. The summed E-state index contributed by atoms with van der Waals surface area (Å²) >= 11 is 0. The molecule has 0 spiro atoms. The first-order valence-electron chi connectivity index (χ1n) is 44.0. The molecule has 17 atom stereocenters. The number of ether oxygens (including phenoxy) is 7. The van der Waals surface area contributed by atoms with Crippen LogP contribution in [0.15, 0.2) is 0 Å². The van der Waals surface area contributed by atoms with Crippen molar-refractivity contribution in [3.05, 3.63) is 0 Å². The van der Waals surface area contributed by atoms with Crippen LogP contribution in [0, 0.1) is 0 Å². The van der Waals surface area contributed by atoms with Gasteiger partial charge >= 0.3 is 15.6 Å². The number of hydrogen-bond donors (Lipinski definition) is 18. The maximum Gasteiger partial charge on any atom is 0.472 e. The maximum absolute atomic E-state index is 13.8. The molecule has 124 heavy (non-hydrogen) atoms. The quantitative estimate of drug-likeness (QED) is 0.0199. The van der Waals surface area contributed by atoms with Crippen molar-refractivity contribution in [2.24, 2.45) is 0 Å². The van der Waals surface area contributed by atoms with Crippen molar-refractivity contribution in [2.75, 3.05) is 138 Å². The molecular weight excluding hydrogens is 1680 g/mol. The van der Waals surface area contributed by atoms with Gasteiger partial charge in [0, 0.05) is 138 Å². The van der Waals surface area contributed by atoms with Gasteiger partial charge in [-0.15, -0.1) is 0 Å². The van der Waals surface area contributed by atoms with Crippen LogP contribution in [-0.2, 0) is 104 Å². The highest BCUT2D eigenvalue weighted by atomic mass is 31.2. The van der Waals surface area contributed by atoms with Crippen LogP contribution < -0.4 is 31.9 Å². The monoisotopic (exact) mass is 1830 g/mol. The molecule has 4 fully saturated rings. The van der Waals surface area contributed by atoms with Gasteiger partial charge < -0.3 is 141 Å². The lowest BCUT2D eigenvalue weighted by Gasteiger charge is -2.42. The van der Waals surface area contributed by atoms with Crippen molar-refractivity contribution in [1.29, 1.82) is 0 Å². The Bertz CT molecular complexity index is 3140. The Morgan fingerprint density at radius 3 is 0.895 bits per heavy atom. The fourth-order valence-electron chi connectivity index (χ4n) is 14.4. The van der Waals surface area contributed by atoms with Gasteiger partial charge in [0.15, 0.2) is 18.9 Å². The molecule has 3 aliphatic heterocycles. The maximum atomic E-state index is 13.8. The molecule has 18 N–H and O–H groups in total. The number of aliphatic hydroxyl groups is 10. The predicted molar refractivity (Wildman–Crippen MR) is 442 cm³/mol. The first-order chi connectivity index (χ1) is 59.3. The molecule has 9 amide bonds. The molecule has 720 valence electrons. The lowest BCUT2D eigenvalue weighted by atomic mass is 9.97. The van der Waals surface area contributed by atoms with Crippen LogP contribution in [-0.4, -0.2) is 365 Å². The zero-order valence-corrected chi connectivity index (χ0v) is 74.2. The number of carbonyl (C=O) groups excluding carboxylic acids is 9. The van der Waals surface area contributed by atoms with Gasteiger partial charge in [0.25, 0.3) is 0 Å². The van der Waals surface area contributed by atoms with Crippen LogP contribution in [0.5, 0.6) is 0 Å². The normalized spacial score (nSPS) is 24.6. The molecule has 0 aromatic heterocycles. The van der Waals surface area contributed by atoms with Crippen LogP contribution in [0.2, 0.25) is 0 Å². The highest BCUT2D eigenvalue weighted by Crippen LogP contribution is 2.44. The van der Waals surface area contributed by atoms with Gasteiger partial charge in [0.2, 0.25) is 53.2 Å². The summed E-state index contributed by atoms with van der Waals surface area (Å²) in [5.74, 6) is -3.12. The average Bonchev–Trinajstić information content (AvgIpc) is 0.869. The highest BCUT2D eigenvalue weighted by Gasteiger charge is 2.48. The van der Waals surface area contributed by atoms with E-state index in [1.165, 1.54) is 35.5 Å². The third-order valence-corrected chi connectivity index (χ3v) is 23.4. The van der Waals surface area contributed by atoms with Crippen molar-refractivity contribution in [2.45, 2.75) is 311 Å². The molecular formula is C79H145N9O34P2. The number of aliphatic hydroxyl groups excluding tert-OH is 10. The largest absolute Gasteiger partial charge is 0.472 e. The van der Waals surface area contributed by atoms with E-state index in [-0.39, 0.29) is 146 Å². The van der Waals surface area contributed by atoms with E-state index >= 15 is 0 Å². The number of nitrogens with zero attached hydrogens (tertiary/aromatic N) is 3. The molecule has 17 unspecified atom stereocenters. The van der Waals surface area contributed by atoms with E-state index in [2.05, 4.69) is 31.9 Å². The first-order valence-corrected chi connectivity index (χ1v) is 47.0. The van der Waals surface area contributed by atoms with E-state index in [4.69, 9.17) is 51.3 Å². The van der Waals surface area contributed by atoms with E-state index < -0.39 is 184 Å². The van der Waals surface area contributed by atoms with Gasteiger partial charge in [0.1, 0.15) is 73.1 Å². The Kier molecular flexibility index (Phi) is 57.1. The van der Waals surface area contributed by atoms with Crippen molar-refractivity contribution in [3.8, 4) is 0 Å². The summed E-state index contributed by atoms with van der Waals surface area (Å²) in [5.41, 5.74) is 0. The predicted octanol–water partition coefficient (Wildman–Crippen LogP) is -0.937. The minimum absolute atomic E-state index is 0.0281. The van der Waals surface area contributed by atoms with Crippen molar-refractivity contribution >= 4 is 68.8 Å². The van der Waals surface area contributed by atoms with E-state index in [1.54, 1.807) is 0 Å². The molecule has 0 aromatic rings. The minimum Gasteiger partial charge on any atom is -0.395 e. The second-order valence-corrected chi connectivity index (χ2v) is 34.4. The fourth-order valence-corrected chi connectivity index (χ4v) is 15.8. The van der Waals surface area contributed by atoms with E-state index in [9.17, 15) is 113 Å². The number of hydrogen-bond acceptors (Lipinski definition) is 32. The summed E-state index contributed by atoms with van der Waals surface area (Å²) in [7, 11) is -9.72. The first kappa shape index (κ1) is 111. The second-order valence-electron chi connectivity index (χ2n) is 31.4. The Labute approximate surface area is 726 Å². The topological polar surface area (TPSA) is 614 Å². The molecule has 4 rings (SSSR count). The van der Waals surface area contributed by atoms with Crippen molar-refractivity contribution in [3.63, 3.8) is 0 Å². The van der Waals surface area contributed by atoms with Crippen LogP contribution in [0.25, 0.3) is 0 Å². The summed E-state index contributed by atoms with van der Waals surface area (Å²) in [5, 5.41) is 117. The molecule has 45 heteroatoms. The van der Waals surface area contributed by atoms with Gasteiger partial charge in [0.05, 0.1) is 65.6 Å². The molecule has 43 nitrogen and oxygen atoms in total. The molecule has 1 saturated carbocycles. The van der Waals surface area contributed by atoms with Crippen LogP contribution in [0.1, 0.15) is 213 Å². The van der Waals surface area contributed by atoms with E-state index in [0.717, 1.165) is 38.5 Å². The molecule has 4 aliphatic rings. The number of rotatable bonds is 67. The summed E-state index contributed by atoms with van der Waals surface area (Å²) < 4.78 is 87.9. The smallest absolute Gasteiger partial charge is 0.395 e. The molecule has 0 bridgehead atoms. The zero-order chi connectivity index (χ0) is 91.2. The zero-order valence-electron chi connectivity index (χ0n) is 72.4. The molecule has 0 radical (unpaired) electrons. The average molecular weight is 1830 g/mol. The van der Waals surface area contributed by atoms with Crippen molar-refractivity contribution < 1.29 is 164 Å². The second kappa shape index (κ2) is 63.7. The van der Waals surface area contributed by atoms with Gasteiger partial charge in [-0.05, 0) is 89.9 Å². The Morgan fingerprint density at radius 2 is 0.613 bits per heavy atom. The van der Waals surface area contributed by atoms with Crippen molar-refractivity contribution in [1.82, 2.24) is 46.6 Å². The number of phosphoric acid groups is 2. The highest BCUT2D eigenvalue weighted by molar-refractivity contribution is 7.47. The summed E-state index contributed by atoms with van der Waals surface area (Å²) in [6, 6.07) is -3.21. The van der Waals surface area contributed by atoms with E-state index in [0.29, 0.717) is 129 Å². The van der Waals surface area contributed by atoms with E-state index in [1.807, 2.05) is 0 Å². The lowest BCUT2D eigenvalue weighted by Crippen LogP contribution is -2.64. The number of phosphoric ester groups is 2. The number of unbranched alkanes of at least 4 members (excludes halogenated alkanes) is 12. The number of amides is 9. The fraction of sp³-hybridized carbons (Fsp3) is 0.886. The minimum atomic E-state index is -4.86. The third-order valence-electron chi connectivity index (χ3n) is 21.3. The lowest BCUT2D eigenvalue weighted by molar-refractivity contribution is -0.270. The van der Waals surface area contributed by atoms with Gasteiger partial charge in [-0.1, -0.05) is 64.2 Å². The Morgan fingerprint density at radius 1 is 0.339 bits per heavy atom. The van der Waals surface area contributed by atoms with Crippen LogP contribution in [0.4, 0.5) is 0 Å². The summed E-state index contributed by atoms with van der Waals surface area (Å²) in [6.45, 7) is 0.193. The standard InChI is InChI=1S/C79H145N9O34P2/c1-55(93)83-68-74(105)71(102)59(52-90)120-77(68)113-44-23-9-14-28-62(96)80-34-20-6-17-31-65(99)86(37-43-89)39-48-116-123(108,109)118-50-41-88(67(101)33-19-8-22-36-82-64(98)30-16-11-25-46-115-79-70(85-57(3)95)76(107)73(104)61(54-92)122-79)42-51-119-124(110,111)117-49-40-87(38-47-112-58-26-12-4-5-13-27-58)66(100)32-18-7-21-35-81-63(97)29-15-10-24-45-114-78-69(84-56(2)94)75(106)72(103)60(53-91)121-78/h58-61,68-79,89-92,102-107H,4-54H2,1-3H3,(H,80,96)(H,81,97)(H,82,98)(H,83,93)(H,84,94)(H,85,95)(H,108,109)(H,110,111). The number of nitrogens with one attached hydrogen (secondary N) is 6. The Balaban J connectivity index is 1.23. The van der Waals surface area contributed by atoms with Crippen LogP contribution >= 0.6 is 15.6 Å². The Hall–Kier alpha value is -5.23. The summed E-state index contributed by atoms with van der Waals surface area (Å²) in [6.07, 6.45) is 0.733. The SMILES string of the molecule is CC(=O)NC1C(OCCCCCC(=O)NCCCCCC(=O)N(CCO)CCOP(=O)(O)OCCN(CCOP(=O)(O)OCCN(CCOC2CCCCCC2)C(=O)CCCCCNC(=O)CCCCCOC2OC(CO)C(O)C(O)C2NC(C)=O)C(=O)CCCCCNC(=O)CCCCCOC2OC(CO)C(O)C(O)C2NC(C)=O)OC(CO)C(O)C1O.